The van der Waals surface area contributed by atoms with Gasteiger partial charge in [0, 0.05) is 12.8 Å². The first-order valence-corrected chi connectivity index (χ1v) is 5.62. The lowest BCUT2D eigenvalue weighted by molar-refractivity contribution is 0.0501. The number of carboxylic acid groups (broad SMARTS) is 1. The molecular weight excluding hydrogens is 234 g/mol. The lowest BCUT2D eigenvalue weighted by Gasteiger charge is -2.17. The molecule has 0 aliphatic heterocycles. The lowest BCUT2D eigenvalue weighted by Crippen LogP contribution is -2.14. The Kier molecular flexibility index (Phi) is 4.45. The number of nitriles is 1. The van der Waals surface area contributed by atoms with Crippen molar-refractivity contribution in [1.29, 1.82) is 5.26 Å². The Morgan fingerprint density at radius 2 is 2.28 bits per heavy atom. The molecule has 1 aromatic heterocycles. The molecule has 6 heteroatoms. The van der Waals surface area contributed by atoms with Gasteiger partial charge in [0.15, 0.2) is 5.69 Å². The van der Waals surface area contributed by atoms with Crippen LogP contribution in [0.1, 0.15) is 43.5 Å². The standard InChI is InChI=1S/C12H17N3O3/c1-12(2,3)4-5-18-8-15-7-9(6-13)14-10(15)11(16)17/h7H,4-5,8H2,1-3H3,(H,16,17). The van der Waals surface area contributed by atoms with Crippen molar-refractivity contribution < 1.29 is 14.6 Å². The molecule has 0 amide bonds. The number of rotatable bonds is 5. The van der Waals surface area contributed by atoms with E-state index in [1.807, 2.05) is 0 Å². The second kappa shape index (κ2) is 5.65. The molecule has 0 aliphatic rings. The van der Waals surface area contributed by atoms with Crippen molar-refractivity contribution in [3.63, 3.8) is 0 Å². The van der Waals surface area contributed by atoms with Gasteiger partial charge in [-0.1, -0.05) is 20.8 Å². The van der Waals surface area contributed by atoms with Crippen molar-refractivity contribution in [3.8, 4) is 6.07 Å². The van der Waals surface area contributed by atoms with E-state index in [0.29, 0.717) is 6.61 Å². The normalized spacial score (nSPS) is 11.2. The Morgan fingerprint density at radius 1 is 1.61 bits per heavy atom. The van der Waals surface area contributed by atoms with Crippen LogP contribution in [0.15, 0.2) is 6.20 Å². The third kappa shape index (κ3) is 4.18. The van der Waals surface area contributed by atoms with E-state index in [2.05, 4.69) is 25.8 Å². The maximum Gasteiger partial charge on any atom is 0.372 e. The third-order valence-electron chi connectivity index (χ3n) is 2.31. The summed E-state index contributed by atoms with van der Waals surface area (Å²) in [5.41, 5.74) is 0.245. The SMILES string of the molecule is CC(C)(C)CCOCn1cc(C#N)nc1C(=O)O. The largest absolute Gasteiger partial charge is 0.475 e. The van der Waals surface area contributed by atoms with Gasteiger partial charge in [-0.25, -0.2) is 9.78 Å². The van der Waals surface area contributed by atoms with E-state index in [1.165, 1.54) is 10.8 Å². The molecule has 98 valence electrons. The number of nitrogens with zero attached hydrogens (tertiary/aromatic N) is 3. The highest BCUT2D eigenvalue weighted by Gasteiger charge is 2.15. The van der Waals surface area contributed by atoms with Crippen LogP contribution in [-0.2, 0) is 11.5 Å². The summed E-state index contributed by atoms with van der Waals surface area (Å²) in [5.74, 6) is -1.35. The van der Waals surface area contributed by atoms with Crippen LogP contribution >= 0.6 is 0 Å². The second-order valence-corrected chi connectivity index (χ2v) is 5.18. The first-order chi connectivity index (χ1) is 8.33. The smallest absolute Gasteiger partial charge is 0.372 e. The molecule has 0 radical (unpaired) electrons. The van der Waals surface area contributed by atoms with Gasteiger partial charge in [-0.3, -0.25) is 0 Å². The fraction of sp³-hybridized carbons (Fsp3) is 0.583. The predicted octanol–water partition coefficient (Wildman–Crippen LogP) is 1.86. The minimum Gasteiger partial charge on any atom is -0.475 e. The summed E-state index contributed by atoms with van der Waals surface area (Å²) in [7, 11) is 0. The van der Waals surface area contributed by atoms with E-state index in [4.69, 9.17) is 15.1 Å². The van der Waals surface area contributed by atoms with Gasteiger partial charge in [0.2, 0.25) is 5.82 Å². The Balaban J connectivity index is 2.59. The summed E-state index contributed by atoms with van der Waals surface area (Å²) in [6, 6.07) is 1.81. The number of imidazole rings is 1. The van der Waals surface area contributed by atoms with Crippen molar-refractivity contribution in [2.24, 2.45) is 5.41 Å². The number of hydrogen-bond donors (Lipinski definition) is 1. The summed E-state index contributed by atoms with van der Waals surface area (Å²) in [5, 5.41) is 17.6. The molecular formula is C12H17N3O3. The maximum absolute atomic E-state index is 10.9. The summed E-state index contributed by atoms with van der Waals surface area (Å²) in [4.78, 5) is 14.6. The first-order valence-electron chi connectivity index (χ1n) is 5.62. The van der Waals surface area contributed by atoms with E-state index in [0.717, 1.165) is 6.42 Å². The fourth-order valence-corrected chi connectivity index (χ4v) is 1.28. The monoisotopic (exact) mass is 251 g/mol. The second-order valence-electron chi connectivity index (χ2n) is 5.18. The van der Waals surface area contributed by atoms with E-state index in [9.17, 15) is 4.79 Å². The van der Waals surface area contributed by atoms with E-state index in [1.54, 1.807) is 6.07 Å². The van der Waals surface area contributed by atoms with Gasteiger partial charge in [-0.05, 0) is 11.8 Å². The molecule has 1 aromatic rings. The predicted molar refractivity (Wildman–Crippen MR) is 63.9 cm³/mol. The highest BCUT2D eigenvalue weighted by atomic mass is 16.5. The number of aromatic nitrogens is 2. The molecule has 18 heavy (non-hydrogen) atoms. The minimum atomic E-state index is -1.17. The number of carboxylic acids is 1. The van der Waals surface area contributed by atoms with Gasteiger partial charge in [-0.15, -0.1) is 0 Å². The Morgan fingerprint density at radius 3 is 2.78 bits per heavy atom. The molecule has 0 aromatic carbocycles. The quantitative estimate of drug-likeness (QED) is 0.807. The van der Waals surface area contributed by atoms with Crippen molar-refractivity contribution in [2.45, 2.75) is 33.9 Å². The molecule has 0 bridgehead atoms. The van der Waals surface area contributed by atoms with Crippen molar-refractivity contribution >= 4 is 5.97 Å². The van der Waals surface area contributed by atoms with Gasteiger partial charge in [-0.2, -0.15) is 5.26 Å². The summed E-state index contributed by atoms with van der Waals surface area (Å²) in [6.45, 7) is 6.92. The van der Waals surface area contributed by atoms with Crippen LogP contribution in [-0.4, -0.2) is 27.2 Å². The topological polar surface area (TPSA) is 88.1 Å². The minimum absolute atomic E-state index is 0.0758. The van der Waals surface area contributed by atoms with Crippen LogP contribution in [0.2, 0.25) is 0 Å². The Hall–Kier alpha value is -1.87. The molecule has 1 heterocycles. The number of carbonyl (C=O) groups is 1. The summed E-state index contributed by atoms with van der Waals surface area (Å²) in [6.07, 6.45) is 2.25. The molecule has 0 aliphatic carbocycles. The van der Waals surface area contributed by atoms with Crippen LogP contribution in [0.4, 0.5) is 0 Å². The molecule has 0 saturated heterocycles. The fourth-order valence-electron chi connectivity index (χ4n) is 1.28. The van der Waals surface area contributed by atoms with Crippen LogP contribution in [0, 0.1) is 16.7 Å². The van der Waals surface area contributed by atoms with Crippen LogP contribution in [0.5, 0.6) is 0 Å². The van der Waals surface area contributed by atoms with Gasteiger partial charge in [0.25, 0.3) is 0 Å². The van der Waals surface area contributed by atoms with Gasteiger partial charge < -0.3 is 14.4 Å². The molecule has 0 fully saturated rings. The number of aromatic carboxylic acids is 1. The van der Waals surface area contributed by atoms with Gasteiger partial charge in [0.1, 0.15) is 12.8 Å². The highest BCUT2D eigenvalue weighted by Crippen LogP contribution is 2.18. The van der Waals surface area contributed by atoms with Crippen molar-refractivity contribution in [2.75, 3.05) is 6.61 Å². The van der Waals surface area contributed by atoms with Gasteiger partial charge >= 0.3 is 5.97 Å². The summed E-state index contributed by atoms with van der Waals surface area (Å²) >= 11 is 0. The molecule has 0 spiro atoms. The molecule has 0 atom stereocenters. The van der Waals surface area contributed by atoms with Crippen LogP contribution in [0.3, 0.4) is 0 Å². The van der Waals surface area contributed by atoms with Gasteiger partial charge in [0.05, 0.1) is 0 Å². The maximum atomic E-state index is 10.9. The molecule has 1 rings (SSSR count). The molecule has 0 saturated carbocycles. The lowest BCUT2D eigenvalue weighted by atomic mass is 9.93. The third-order valence-corrected chi connectivity index (χ3v) is 2.31. The number of hydrogen-bond acceptors (Lipinski definition) is 4. The van der Waals surface area contributed by atoms with E-state index < -0.39 is 5.97 Å². The molecule has 6 nitrogen and oxygen atoms in total. The Bertz CT molecular complexity index is 466. The average molecular weight is 251 g/mol. The van der Waals surface area contributed by atoms with E-state index in [-0.39, 0.29) is 23.7 Å². The summed E-state index contributed by atoms with van der Waals surface area (Å²) < 4.78 is 6.72. The molecule has 1 N–H and O–H groups in total. The van der Waals surface area contributed by atoms with Crippen LogP contribution < -0.4 is 0 Å². The zero-order valence-corrected chi connectivity index (χ0v) is 10.8. The average Bonchev–Trinajstić information content (AvgIpc) is 2.66. The first kappa shape index (κ1) is 14.2. The zero-order valence-electron chi connectivity index (χ0n) is 10.8. The van der Waals surface area contributed by atoms with Crippen molar-refractivity contribution in [1.82, 2.24) is 9.55 Å². The highest BCUT2D eigenvalue weighted by molar-refractivity contribution is 5.83. The Labute approximate surface area is 106 Å². The molecule has 0 unspecified atom stereocenters. The number of ether oxygens (including phenoxy) is 1. The zero-order chi connectivity index (χ0) is 13.8. The van der Waals surface area contributed by atoms with Crippen molar-refractivity contribution in [3.05, 3.63) is 17.7 Å². The van der Waals surface area contributed by atoms with E-state index >= 15 is 0 Å². The van der Waals surface area contributed by atoms with Crippen LogP contribution in [0.25, 0.3) is 0 Å².